The molecule has 0 aliphatic carbocycles. The second-order valence-electron chi connectivity index (χ2n) is 2.97. The van der Waals surface area contributed by atoms with Crippen molar-refractivity contribution in [2.45, 2.75) is 0 Å². The number of hydrazone groups is 1. The van der Waals surface area contributed by atoms with E-state index >= 15 is 0 Å². The summed E-state index contributed by atoms with van der Waals surface area (Å²) < 4.78 is 10.9. The lowest BCUT2D eigenvalue weighted by Gasteiger charge is -2.07. The first kappa shape index (κ1) is 13.9. The standard InChI is InChI=1S/C10H12BrN3O2S/c1-15-6-16-9-3-2-7(4-8(9)11)5-13-14-10(12)17/h2-5H,6H2,1H3,(H3,12,14,17). The Kier molecular flexibility index (Phi) is 5.88. The van der Waals surface area contributed by atoms with Crippen LogP contribution in [0.4, 0.5) is 0 Å². The fraction of sp³-hybridized carbons (Fsp3) is 0.200. The Balaban J connectivity index is 2.68. The highest BCUT2D eigenvalue weighted by Crippen LogP contribution is 2.25. The van der Waals surface area contributed by atoms with E-state index in [2.05, 4.69) is 38.7 Å². The largest absolute Gasteiger partial charge is 0.466 e. The van der Waals surface area contributed by atoms with Crippen molar-refractivity contribution in [1.82, 2.24) is 5.43 Å². The van der Waals surface area contributed by atoms with Gasteiger partial charge in [0.15, 0.2) is 11.9 Å². The summed E-state index contributed by atoms with van der Waals surface area (Å²) >= 11 is 8.00. The summed E-state index contributed by atoms with van der Waals surface area (Å²) in [5, 5.41) is 3.97. The first-order chi connectivity index (χ1) is 8.13. The third-order valence-corrected chi connectivity index (χ3v) is 2.39. The van der Waals surface area contributed by atoms with Crippen molar-refractivity contribution in [3.8, 4) is 5.75 Å². The third kappa shape index (κ3) is 5.12. The fourth-order valence-corrected chi connectivity index (χ4v) is 1.57. The molecule has 0 saturated heterocycles. The first-order valence-electron chi connectivity index (χ1n) is 4.63. The third-order valence-electron chi connectivity index (χ3n) is 1.68. The van der Waals surface area contributed by atoms with Crippen LogP contribution in [0.5, 0.6) is 5.75 Å². The number of ether oxygens (including phenoxy) is 2. The molecule has 1 rings (SSSR count). The van der Waals surface area contributed by atoms with E-state index in [1.165, 1.54) is 0 Å². The molecule has 1 aromatic rings. The van der Waals surface area contributed by atoms with Gasteiger partial charge in [0.25, 0.3) is 0 Å². The minimum atomic E-state index is 0.125. The molecule has 0 amide bonds. The molecule has 0 aliphatic heterocycles. The van der Waals surface area contributed by atoms with E-state index in [4.69, 9.17) is 15.2 Å². The van der Waals surface area contributed by atoms with Gasteiger partial charge in [-0.3, -0.25) is 5.43 Å². The fourth-order valence-electron chi connectivity index (χ4n) is 1.01. The maximum Gasteiger partial charge on any atom is 0.188 e. The van der Waals surface area contributed by atoms with Crippen LogP contribution in [0.2, 0.25) is 0 Å². The summed E-state index contributed by atoms with van der Waals surface area (Å²) in [4.78, 5) is 0. The molecular weight excluding hydrogens is 306 g/mol. The molecule has 0 unspecified atom stereocenters. The summed E-state index contributed by atoms with van der Waals surface area (Å²) in [6.07, 6.45) is 1.60. The first-order valence-corrected chi connectivity index (χ1v) is 5.83. The normalized spacial score (nSPS) is 10.5. The van der Waals surface area contributed by atoms with E-state index in [0.29, 0.717) is 5.75 Å². The van der Waals surface area contributed by atoms with E-state index in [0.717, 1.165) is 10.0 Å². The number of rotatable bonds is 5. The molecule has 0 aliphatic rings. The number of hydrogen-bond donors (Lipinski definition) is 2. The number of nitrogens with zero attached hydrogens (tertiary/aromatic N) is 1. The van der Waals surface area contributed by atoms with Gasteiger partial charge in [0.05, 0.1) is 10.7 Å². The molecular formula is C10H12BrN3O2S. The topological polar surface area (TPSA) is 68.9 Å². The van der Waals surface area contributed by atoms with Gasteiger partial charge in [0.1, 0.15) is 5.75 Å². The number of methoxy groups -OCH3 is 1. The van der Waals surface area contributed by atoms with Gasteiger partial charge in [-0.2, -0.15) is 5.10 Å². The zero-order valence-electron chi connectivity index (χ0n) is 9.14. The van der Waals surface area contributed by atoms with Crippen LogP contribution in [-0.4, -0.2) is 25.2 Å². The van der Waals surface area contributed by atoms with Crippen LogP contribution in [0, 0.1) is 0 Å². The quantitative estimate of drug-likeness (QED) is 0.373. The predicted molar refractivity (Wildman–Crippen MR) is 74.2 cm³/mol. The number of benzene rings is 1. The molecule has 3 N–H and O–H groups in total. The van der Waals surface area contributed by atoms with Gasteiger partial charge < -0.3 is 15.2 Å². The Morgan fingerprint density at radius 2 is 2.41 bits per heavy atom. The van der Waals surface area contributed by atoms with Crippen molar-refractivity contribution in [2.75, 3.05) is 13.9 Å². The summed E-state index contributed by atoms with van der Waals surface area (Å²) in [5.41, 5.74) is 8.58. The van der Waals surface area contributed by atoms with Crippen molar-refractivity contribution >= 4 is 39.5 Å². The average molecular weight is 318 g/mol. The summed E-state index contributed by atoms with van der Waals surface area (Å²) in [6.45, 7) is 0.203. The molecule has 1 aromatic carbocycles. The highest BCUT2D eigenvalue weighted by Gasteiger charge is 2.01. The average Bonchev–Trinajstić information content (AvgIpc) is 2.27. The SMILES string of the molecule is COCOc1ccc(C=NNC(N)=S)cc1Br. The van der Waals surface area contributed by atoms with Gasteiger partial charge in [0.2, 0.25) is 0 Å². The minimum absolute atomic E-state index is 0.125. The van der Waals surface area contributed by atoms with Crippen molar-refractivity contribution in [3.05, 3.63) is 28.2 Å². The van der Waals surface area contributed by atoms with Crippen LogP contribution in [0.3, 0.4) is 0 Å². The predicted octanol–water partition coefficient (Wildman–Crippen LogP) is 1.60. The van der Waals surface area contributed by atoms with Gasteiger partial charge in [-0.1, -0.05) is 0 Å². The summed E-state index contributed by atoms with van der Waals surface area (Å²) in [7, 11) is 1.57. The Hall–Kier alpha value is -1.18. The van der Waals surface area contributed by atoms with Gasteiger partial charge in [-0.25, -0.2) is 0 Å². The molecule has 17 heavy (non-hydrogen) atoms. The molecule has 92 valence electrons. The van der Waals surface area contributed by atoms with E-state index in [1.54, 1.807) is 13.3 Å². The molecule has 0 aromatic heterocycles. The molecule has 0 spiro atoms. The van der Waals surface area contributed by atoms with Crippen LogP contribution in [0.15, 0.2) is 27.8 Å². The van der Waals surface area contributed by atoms with Crippen LogP contribution in [0.25, 0.3) is 0 Å². The van der Waals surface area contributed by atoms with Crippen LogP contribution in [0.1, 0.15) is 5.56 Å². The van der Waals surface area contributed by atoms with Crippen LogP contribution >= 0.6 is 28.1 Å². The Morgan fingerprint density at radius 3 is 3.00 bits per heavy atom. The Labute approximate surface area is 113 Å². The van der Waals surface area contributed by atoms with Gasteiger partial charge in [0, 0.05) is 7.11 Å². The zero-order valence-corrected chi connectivity index (χ0v) is 11.5. The molecule has 0 radical (unpaired) electrons. The van der Waals surface area contributed by atoms with Crippen LogP contribution < -0.4 is 15.9 Å². The summed E-state index contributed by atoms with van der Waals surface area (Å²) in [5.74, 6) is 0.700. The number of nitrogens with two attached hydrogens (primary N) is 1. The Morgan fingerprint density at radius 1 is 1.65 bits per heavy atom. The minimum Gasteiger partial charge on any atom is -0.466 e. The van der Waals surface area contributed by atoms with E-state index in [1.807, 2.05) is 18.2 Å². The maximum atomic E-state index is 5.31. The van der Waals surface area contributed by atoms with Gasteiger partial charge in [-0.15, -0.1) is 0 Å². The lowest BCUT2D eigenvalue weighted by Crippen LogP contribution is -2.23. The van der Waals surface area contributed by atoms with E-state index in [9.17, 15) is 0 Å². The number of thiocarbonyl (C=S) groups is 1. The van der Waals surface area contributed by atoms with Crippen molar-refractivity contribution < 1.29 is 9.47 Å². The second-order valence-corrected chi connectivity index (χ2v) is 4.27. The van der Waals surface area contributed by atoms with Crippen LogP contribution in [-0.2, 0) is 4.74 Å². The molecule has 0 bridgehead atoms. The monoisotopic (exact) mass is 317 g/mol. The Bertz CT molecular complexity index is 426. The zero-order chi connectivity index (χ0) is 12.7. The molecule has 7 heteroatoms. The van der Waals surface area contributed by atoms with Crippen molar-refractivity contribution in [1.29, 1.82) is 0 Å². The van der Waals surface area contributed by atoms with Crippen molar-refractivity contribution in [2.24, 2.45) is 10.8 Å². The highest BCUT2D eigenvalue weighted by atomic mass is 79.9. The lowest BCUT2D eigenvalue weighted by atomic mass is 10.2. The van der Waals surface area contributed by atoms with Gasteiger partial charge in [-0.05, 0) is 51.9 Å². The second kappa shape index (κ2) is 7.21. The number of halogens is 1. The van der Waals surface area contributed by atoms with E-state index < -0.39 is 0 Å². The smallest absolute Gasteiger partial charge is 0.188 e. The highest BCUT2D eigenvalue weighted by molar-refractivity contribution is 9.10. The molecule has 0 heterocycles. The molecule has 0 fully saturated rings. The van der Waals surface area contributed by atoms with E-state index in [-0.39, 0.29) is 11.9 Å². The maximum absolute atomic E-state index is 5.31. The lowest BCUT2D eigenvalue weighted by molar-refractivity contribution is 0.0506. The van der Waals surface area contributed by atoms with Crippen molar-refractivity contribution in [3.63, 3.8) is 0 Å². The molecule has 5 nitrogen and oxygen atoms in total. The number of hydrogen-bond acceptors (Lipinski definition) is 4. The molecule has 0 atom stereocenters. The summed E-state index contributed by atoms with van der Waals surface area (Å²) in [6, 6.07) is 5.52. The number of nitrogens with one attached hydrogen (secondary N) is 1. The molecule has 0 saturated carbocycles. The van der Waals surface area contributed by atoms with Gasteiger partial charge >= 0.3 is 0 Å².